The quantitative estimate of drug-likeness (QED) is 0.899. The van der Waals surface area contributed by atoms with Gasteiger partial charge in [0.15, 0.2) is 5.82 Å². The van der Waals surface area contributed by atoms with Crippen LogP contribution in [0.2, 0.25) is 0 Å². The van der Waals surface area contributed by atoms with Crippen molar-refractivity contribution in [1.82, 2.24) is 15.1 Å². The largest absolute Gasteiger partial charge is 0.367 e. The second-order valence-electron chi connectivity index (χ2n) is 5.80. The number of rotatable bonds is 5. The van der Waals surface area contributed by atoms with Gasteiger partial charge in [0.2, 0.25) is 0 Å². The van der Waals surface area contributed by atoms with Crippen LogP contribution in [0.4, 0.5) is 5.82 Å². The summed E-state index contributed by atoms with van der Waals surface area (Å²) < 4.78 is 0. The van der Waals surface area contributed by atoms with E-state index in [-0.39, 0.29) is 0 Å². The van der Waals surface area contributed by atoms with Gasteiger partial charge in [0.25, 0.3) is 0 Å². The normalized spacial score (nSPS) is 16.7. The van der Waals surface area contributed by atoms with Crippen molar-refractivity contribution >= 4 is 5.82 Å². The number of piperidine rings is 1. The third-order valence-electron chi connectivity index (χ3n) is 4.35. The second kappa shape index (κ2) is 7.37. The maximum atomic E-state index is 9.46. The van der Waals surface area contributed by atoms with Crippen LogP contribution in [0.3, 0.4) is 0 Å². The van der Waals surface area contributed by atoms with E-state index in [9.17, 15) is 5.26 Å². The second-order valence-corrected chi connectivity index (χ2v) is 5.80. The minimum Gasteiger partial charge on any atom is -0.367 e. The molecule has 0 saturated carbocycles. The highest BCUT2D eigenvalue weighted by molar-refractivity contribution is 5.56. The molecule has 5 heteroatoms. The van der Waals surface area contributed by atoms with E-state index in [0.717, 1.165) is 43.7 Å². The van der Waals surface area contributed by atoms with Crippen molar-refractivity contribution in [3.8, 4) is 6.07 Å². The molecule has 0 spiro atoms. The molecule has 2 heterocycles. The number of aryl methyl sites for hydroxylation is 1. The lowest BCUT2D eigenvalue weighted by Gasteiger charge is -2.29. The Labute approximate surface area is 127 Å². The SMILES string of the molecule is CCc1nnc(NCC2CCN(C)CC2)c(C#N)c1CC. The zero-order chi connectivity index (χ0) is 15.2. The van der Waals surface area contributed by atoms with Gasteiger partial charge in [0, 0.05) is 6.54 Å². The van der Waals surface area contributed by atoms with Crippen LogP contribution in [-0.2, 0) is 12.8 Å². The van der Waals surface area contributed by atoms with Gasteiger partial charge in [-0.3, -0.25) is 0 Å². The van der Waals surface area contributed by atoms with Gasteiger partial charge in [-0.15, -0.1) is 5.10 Å². The molecule has 0 unspecified atom stereocenters. The van der Waals surface area contributed by atoms with Crippen LogP contribution in [-0.4, -0.2) is 41.8 Å². The molecule has 0 amide bonds. The third-order valence-corrected chi connectivity index (χ3v) is 4.35. The summed E-state index contributed by atoms with van der Waals surface area (Å²) >= 11 is 0. The summed E-state index contributed by atoms with van der Waals surface area (Å²) in [6.45, 7) is 7.30. The van der Waals surface area contributed by atoms with Crippen LogP contribution in [0, 0.1) is 17.2 Å². The Morgan fingerprint density at radius 3 is 2.52 bits per heavy atom. The number of hydrogen-bond donors (Lipinski definition) is 1. The fraction of sp³-hybridized carbons (Fsp3) is 0.688. The number of nitriles is 1. The van der Waals surface area contributed by atoms with Crippen LogP contribution >= 0.6 is 0 Å². The molecule has 5 nitrogen and oxygen atoms in total. The summed E-state index contributed by atoms with van der Waals surface area (Å²) in [5.74, 6) is 1.32. The molecule has 0 aromatic carbocycles. The van der Waals surface area contributed by atoms with Crippen molar-refractivity contribution < 1.29 is 0 Å². The molecule has 0 radical (unpaired) electrons. The lowest BCUT2D eigenvalue weighted by molar-refractivity contribution is 0.226. The van der Waals surface area contributed by atoms with E-state index >= 15 is 0 Å². The average Bonchev–Trinajstić information content (AvgIpc) is 2.53. The Morgan fingerprint density at radius 2 is 1.95 bits per heavy atom. The molecule has 2 rings (SSSR count). The number of hydrogen-bond acceptors (Lipinski definition) is 5. The van der Waals surface area contributed by atoms with E-state index in [4.69, 9.17) is 0 Å². The minimum atomic E-state index is 0.658. The maximum Gasteiger partial charge on any atom is 0.166 e. The summed E-state index contributed by atoms with van der Waals surface area (Å²) in [7, 11) is 2.17. The van der Waals surface area contributed by atoms with E-state index in [1.807, 2.05) is 0 Å². The minimum absolute atomic E-state index is 0.658. The van der Waals surface area contributed by atoms with Gasteiger partial charge < -0.3 is 10.2 Å². The van der Waals surface area contributed by atoms with Crippen molar-refractivity contribution in [2.45, 2.75) is 39.5 Å². The van der Waals surface area contributed by atoms with Crippen LogP contribution in [0.25, 0.3) is 0 Å². The zero-order valence-corrected chi connectivity index (χ0v) is 13.3. The molecule has 1 N–H and O–H groups in total. The number of aromatic nitrogens is 2. The van der Waals surface area contributed by atoms with Crippen molar-refractivity contribution in [3.05, 3.63) is 16.8 Å². The molecule has 1 saturated heterocycles. The van der Waals surface area contributed by atoms with Crippen LogP contribution in [0.5, 0.6) is 0 Å². The average molecular weight is 287 g/mol. The molecular weight excluding hydrogens is 262 g/mol. The number of nitrogens with zero attached hydrogens (tertiary/aromatic N) is 4. The highest BCUT2D eigenvalue weighted by atomic mass is 15.2. The topological polar surface area (TPSA) is 64.8 Å². The fourth-order valence-electron chi connectivity index (χ4n) is 2.92. The van der Waals surface area contributed by atoms with E-state index in [2.05, 4.69) is 47.4 Å². The van der Waals surface area contributed by atoms with Crippen LogP contribution in [0.15, 0.2) is 0 Å². The summed E-state index contributed by atoms with van der Waals surface area (Å²) in [5.41, 5.74) is 2.66. The predicted octanol–water partition coefficient (Wildman–Crippen LogP) is 2.23. The highest BCUT2D eigenvalue weighted by Gasteiger charge is 2.18. The first-order valence-corrected chi connectivity index (χ1v) is 7.90. The molecular formula is C16H25N5. The molecule has 1 aromatic rings. The summed E-state index contributed by atoms with van der Waals surface area (Å²) in [5, 5.41) is 21.3. The van der Waals surface area contributed by atoms with Gasteiger partial charge in [-0.05, 0) is 57.3 Å². The first-order chi connectivity index (χ1) is 10.2. The molecule has 0 bridgehead atoms. The number of anilines is 1. The van der Waals surface area contributed by atoms with Crippen LogP contribution < -0.4 is 5.32 Å². The molecule has 1 aromatic heterocycles. The fourth-order valence-corrected chi connectivity index (χ4v) is 2.92. The van der Waals surface area contributed by atoms with Gasteiger partial charge in [-0.2, -0.15) is 10.4 Å². The monoisotopic (exact) mass is 287 g/mol. The van der Waals surface area contributed by atoms with Crippen molar-refractivity contribution in [3.63, 3.8) is 0 Å². The van der Waals surface area contributed by atoms with E-state index in [1.54, 1.807) is 0 Å². The summed E-state index contributed by atoms with van der Waals surface area (Å²) in [6, 6.07) is 2.31. The Bertz CT molecular complexity index is 512. The molecule has 0 atom stereocenters. The lowest BCUT2D eigenvalue weighted by atomic mass is 9.97. The number of likely N-dealkylation sites (tertiary alicyclic amines) is 1. The Morgan fingerprint density at radius 1 is 1.24 bits per heavy atom. The van der Waals surface area contributed by atoms with Gasteiger partial charge in [0.1, 0.15) is 11.6 Å². The van der Waals surface area contributed by atoms with Crippen molar-refractivity contribution in [2.75, 3.05) is 32.0 Å². The molecule has 1 fully saturated rings. The molecule has 0 aliphatic carbocycles. The first-order valence-electron chi connectivity index (χ1n) is 7.90. The molecule has 114 valence electrons. The molecule has 1 aliphatic heterocycles. The van der Waals surface area contributed by atoms with Gasteiger partial charge in [-0.1, -0.05) is 13.8 Å². The number of nitrogens with one attached hydrogen (secondary N) is 1. The van der Waals surface area contributed by atoms with Gasteiger partial charge >= 0.3 is 0 Å². The van der Waals surface area contributed by atoms with E-state index < -0.39 is 0 Å². The van der Waals surface area contributed by atoms with E-state index in [0.29, 0.717) is 17.3 Å². The lowest BCUT2D eigenvalue weighted by Crippen LogP contribution is -2.33. The molecule has 21 heavy (non-hydrogen) atoms. The van der Waals surface area contributed by atoms with Gasteiger partial charge in [0.05, 0.1) is 5.69 Å². The summed E-state index contributed by atoms with van der Waals surface area (Å²) in [4.78, 5) is 2.36. The maximum absolute atomic E-state index is 9.46. The standard InChI is InChI=1S/C16H25N5/c1-4-13-14(10-17)16(20-19-15(13)5-2)18-11-12-6-8-21(3)9-7-12/h12H,4-9,11H2,1-3H3,(H,18,20). The van der Waals surface area contributed by atoms with Gasteiger partial charge in [-0.25, -0.2) is 0 Å². The van der Waals surface area contributed by atoms with Crippen LogP contribution in [0.1, 0.15) is 43.5 Å². The van der Waals surface area contributed by atoms with Crippen molar-refractivity contribution in [2.24, 2.45) is 5.92 Å². The third kappa shape index (κ3) is 3.70. The van der Waals surface area contributed by atoms with Crippen molar-refractivity contribution in [1.29, 1.82) is 5.26 Å². The predicted molar refractivity (Wildman–Crippen MR) is 84.2 cm³/mol. The first kappa shape index (κ1) is 15.7. The Hall–Kier alpha value is -1.67. The molecule has 1 aliphatic rings. The Kier molecular flexibility index (Phi) is 5.51. The zero-order valence-electron chi connectivity index (χ0n) is 13.3. The highest BCUT2D eigenvalue weighted by Crippen LogP contribution is 2.22. The smallest absolute Gasteiger partial charge is 0.166 e. The summed E-state index contributed by atoms with van der Waals surface area (Å²) in [6.07, 6.45) is 4.05. The van der Waals surface area contributed by atoms with E-state index in [1.165, 1.54) is 12.8 Å². The Balaban J connectivity index is 2.08.